The number of hydrogen-bond donors (Lipinski definition) is 1. The van der Waals surface area contributed by atoms with Crippen molar-refractivity contribution in [2.24, 2.45) is 0 Å². The Labute approximate surface area is 179 Å². The molecule has 3 rings (SSSR count). The van der Waals surface area contributed by atoms with Crippen molar-refractivity contribution >= 4 is 17.4 Å². The molecule has 0 fully saturated rings. The topological polar surface area (TPSA) is 50.2 Å². The first-order valence-electron chi connectivity index (χ1n) is 10.6. The first-order chi connectivity index (χ1) is 14.4. The summed E-state index contributed by atoms with van der Waals surface area (Å²) in [5, 5.41) is 7.55. The van der Waals surface area contributed by atoms with Crippen molar-refractivity contribution in [1.29, 1.82) is 0 Å². The number of urea groups is 1. The number of anilines is 2. The van der Waals surface area contributed by atoms with Gasteiger partial charge in [-0.15, -0.1) is 0 Å². The van der Waals surface area contributed by atoms with Gasteiger partial charge in [0.1, 0.15) is 0 Å². The molecular weight excluding hydrogens is 372 g/mol. The van der Waals surface area contributed by atoms with Gasteiger partial charge >= 0.3 is 6.03 Å². The number of para-hydroxylation sites is 1. The van der Waals surface area contributed by atoms with Gasteiger partial charge in [0, 0.05) is 29.7 Å². The maximum atomic E-state index is 13.4. The molecule has 0 radical (unpaired) electrons. The van der Waals surface area contributed by atoms with E-state index < -0.39 is 0 Å². The van der Waals surface area contributed by atoms with Crippen molar-refractivity contribution in [3.05, 3.63) is 77.1 Å². The van der Waals surface area contributed by atoms with E-state index in [4.69, 9.17) is 0 Å². The van der Waals surface area contributed by atoms with E-state index in [1.54, 1.807) is 4.90 Å². The summed E-state index contributed by atoms with van der Waals surface area (Å²) in [6.45, 7) is 11.8. The molecular formula is C25H32N4O. The fourth-order valence-corrected chi connectivity index (χ4v) is 3.53. The molecule has 5 heteroatoms. The van der Waals surface area contributed by atoms with Crippen LogP contribution < -0.4 is 10.2 Å². The minimum atomic E-state index is -0.145. The van der Waals surface area contributed by atoms with Gasteiger partial charge in [0.05, 0.1) is 12.7 Å². The SMILES string of the molecule is CCCn1cc(CN(C(=O)Nc2c(C)cccc2C)c2ccc(C(C)C)cc2)cn1. The van der Waals surface area contributed by atoms with Crippen LogP contribution in [-0.2, 0) is 13.1 Å². The smallest absolute Gasteiger partial charge is 0.307 e. The number of hydrogen-bond acceptors (Lipinski definition) is 2. The van der Waals surface area contributed by atoms with Gasteiger partial charge in [0.15, 0.2) is 0 Å². The van der Waals surface area contributed by atoms with Crippen LogP contribution in [-0.4, -0.2) is 15.8 Å². The Morgan fingerprint density at radius 3 is 2.37 bits per heavy atom. The summed E-state index contributed by atoms with van der Waals surface area (Å²) in [5.41, 5.74) is 6.10. The number of amides is 2. The van der Waals surface area contributed by atoms with Gasteiger partial charge in [-0.2, -0.15) is 5.10 Å². The second-order valence-corrected chi connectivity index (χ2v) is 8.14. The lowest BCUT2D eigenvalue weighted by atomic mass is 10.0. The van der Waals surface area contributed by atoms with E-state index in [0.29, 0.717) is 12.5 Å². The van der Waals surface area contributed by atoms with Gasteiger partial charge in [-0.3, -0.25) is 9.58 Å². The number of carbonyl (C=O) groups excluding carboxylic acids is 1. The molecule has 1 aromatic heterocycles. The second kappa shape index (κ2) is 9.61. The van der Waals surface area contributed by atoms with E-state index in [-0.39, 0.29) is 6.03 Å². The summed E-state index contributed by atoms with van der Waals surface area (Å²) in [5.74, 6) is 0.447. The summed E-state index contributed by atoms with van der Waals surface area (Å²) < 4.78 is 1.93. The van der Waals surface area contributed by atoms with Crippen molar-refractivity contribution < 1.29 is 4.79 Å². The van der Waals surface area contributed by atoms with Gasteiger partial charge in [0.2, 0.25) is 0 Å². The Morgan fingerprint density at radius 2 is 1.77 bits per heavy atom. The molecule has 0 aliphatic carbocycles. The third-order valence-corrected chi connectivity index (χ3v) is 5.31. The average molecular weight is 405 g/mol. The number of aromatic nitrogens is 2. The highest BCUT2D eigenvalue weighted by atomic mass is 16.2. The number of aryl methyl sites for hydroxylation is 3. The molecule has 0 unspecified atom stereocenters. The number of benzene rings is 2. The molecule has 1 heterocycles. The van der Waals surface area contributed by atoms with Crippen LogP contribution in [0, 0.1) is 13.8 Å². The van der Waals surface area contributed by atoms with E-state index >= 15 is 0 Å². The normalized spacial score (nSPS) is 11.0. The van der Waals surface area contributed by atoms with Crippen LogP contribution in [0.5, 0.6) is 0 Å². The first-order valence-corrected chi connectivity index (χ1v) is 10.6. The molecule has 3 aromatic rings. The molecule has 5 nitrogen and oxygen atoms in total. The van der Waals surface area contributed by atoms with Crippen molar-refractivity contribution in [2.75, 3.05) is 10.2 Å². The van der Waals surface area contributed by atoms with Crippen molar-refractivity contribution in [1.82, 2.24) is 9.78 Å². The first kappa shape index (κ1) is 21.6. The quantitative estimate of drug-likeness (QED) is 0.504. The standard InChI is InChI=1S/C25H32N4O/c1-6-14-28-16-21(15-26-28)17-29(23-12-10-22(11-13-23)18(2)3)25(30)27-24-19(4)8-7-9-20(24)5/h7-13,15-16,18H,6,14,17H2,1-5H3,(H,27,30). The van der Waals surface area contributed by atoms with Crippen LogP contribution in [0.1, 0.15) is 55.4 Å². The highest BCUT2D eigenvalue weighted by Crippen LogP contribution is 2.25. The molecule has 0 spiro atoms. The molecule has 2 aromatic carbocycles. The van der Waals surface area contributed by atoms with Gasteiger partial charge in [0.25, 0.3) is 0 Å². The Hall–Kier alpha value is -3.08. The van der Waals surface area contributed by atoms with Crippen LogP contribution in [0.4, 0.5) is 16.2 Å². The predicted molar refractivity (Wildman–Crippen MR) is 124 cm³/mol. The van der Waals surface area contributed by atoms with E-state index in [1.165, 1.54) is 5.56 Å². The summed E-state index contributed by atoms with van der Waals surface area (Å²) in [7, 11) is 0. The lowest BCUT2D eigenvalue weighted by Gasteiger charge is -2.24. The molecule has 0 atom stereocenters. The maximum absolute atomic E-state index is 13.4. The Bertz CT molecular complexity index is 968. The fourth-order valence-electron chi connectivity index (χ4n) is 3.53. The van der Waals surface area contributed by atoms with E-state index in [0.717, 1.165) is 41.0 Å². The van der Waals surface area contributed by atoms with E-state index in [9.17, 15) is 4.79 Å². The molecule has 1 N–H and O–H groups in total. The third-order valence-electron chi connectivity index (χ3n) is 5.31. The van der Waals surface area contributed by atoms with Crippen LogP contribution in [0.2, 0.25) is 0 Å². The van der Waals surface area contributed by atoms with Gasteiger partial charge in [-0.25, -0.2) is 4.79 Å². The molecule has 2 amide bonds. The third kappa shape index (κ3) is 5.09. The Morgan fingerprint density at radius 1 is 1.10 bits per heavy atom. The molecule has 0 bridgehead atoms. The van der Waals surface area contributed by atoms with E-state index in [2.05, 4.69) is 43.3 Å². The predicted octanol–water partition coefficient (Wildman–Crippen LogP) is 6.27. The fraction of sp³-hybridized carbons (Fsp3) is 0.360. The zero-order valence-corrected chi connectivity index (χ0v) is 18.6. The zero-order valence-electron chi connectivity index (χ0n) is 18.6. The number of rotatable bonds is 7. The lowest BCUT2D eigenvalue weighted by molar-refractivity contribution is 0.256. The van der Waals surface area contributed by atoms with Crippen molar-refractivity contribution in [2.45, 2.75) is 60.0 Å². The number of carbonyl (C=O) groups is 1. The van der Waals surface area contributed by atoms with Crippen LogP contribution in [0.3, 0.4) is 0 Å². The average Bonchev–Trinajstić information content (AvgIpc) is 3.16. The molecule has 0 saturated carbocycles. The zero-order chi connectivity index (χ0) is 21.7. The number of nitrogens with zero attached hydrogens (tertiary/aromatic N) is 3. The Balaban J connectivity index is 1.90. The van der Waals surface area contributed by atoms with Crippen molar-refractivity contribution in [3.8, 4) is 0 Å². The maximum Gasteiger partial charge on any atom is 0.326 e. The van der Waals surface area contributed by atoms with Crippen LogP contribution in [0.25, 0.3) is 0 Å². The Kier molecular flexibility index (Phi) is 6.93. The van der Waals surface area contributed by atoms with Gasteiger partial charge < -0.3 is 5.32 Å². The summed E-state index contributed by atoms with van der Waals surface area (Å²) >= 11 is 0. The molecule has 158 valence electrons. The summed E-state index contributed by atoms with van der Waals surface area (Å²) in [4.78, 5) is 15.1. The second-order valence-electron chi connectivity index (χ2n) is 8.14. The highest BCUT2D eigenvalue weighted by Gasteiger charge is 2.19. The molecule has 0 aliphatic heterocycles. The molecule has 0 aliphatic rings. The number of nitrogens with one attached hydrogen (secondary N) is 1. The highest BCUT2D eigenvalue weighted by molar-refractivity contribution is 6.02. The lowest BCUT2D eigenvalue weighted by Crippen LogP contribution is -2.34. The largest absolute Gasteiger partial charge is 0.326 e. The molecule has 0 saturated heterocycles. The minimum absolute atomic E-state index is 0.145. The van der Waals surface area contributed by atoms with Crippen molar-refractivity contribution in [3.63, 3.8) is 0 Å². The summed E-state index contributed by atoms with van der Waals surface area (Å²) in [6, 6.07) is 14.1. The monoisotopic (exact) mass is 404 g/mol. The van der Waals surface area contributed by atoms with Crippen LogP contribution >= 0.6 is 0 Å². The minimum Gasteiger partial charge on any atom is -0.307 e. The molecule has 30 heavy (non-hydrogen) atoms. The van der Waals surface area contributed by atoms with E-state index in [1.807, 2.05) is 61.3 Å². The van der Waals surface area contributed by atoms with Crippen LogP contribution in [0.15, 0.2) is 54.9 Å². The van der Waals surface area contributed by atoms with Gasteiger partial charge in [-0.05, 0) is 55.0 Å². The van der Waals surface area contributed by atoms with Gasteiger partial charge in [-0.1, -0.05) is 51.1 Å². The summed E-state index contributed by atoms with van der Waals surface area (Å²) in [6.07, 6.45) is 4.89.